The molecule has 16 heavy (non-hydrogen) atoms. The third kappa shape index (κ3) is 1.41. The molecule has 5 nitrogen and oxygen atoms in total. The number of aliphatic imine (C=N–C) groups is 1. The van der Waals surface area contributed by atoms with Crippen LogP contribution in [0.2, 0.25) is 0 Å². The highest BCUT2D eigenvalue weighted by atomic mass is 15.4. The summed E-state index contributed by atoms with van der Waals surface area (Å²) in [7, 11) is 0. The van der Waals surface area contributed by atoms with Crippen molar-refractivity contribution < 1.29 is 0 Å². The Labute approximate surface area is 92.5 Å². The molecule has 1 aliphatic heterocycles. The largest absolute Gasteiger partial charge is 0.288 e. The van der Waals surface area contributed by atoms with Crippen LogP contribution in [-0.2, 0) is 0 Å². The number of fused-ring (bicyclic) bond motifs is 1. The van der Waals surface area contributed by atoms with Crippen molar-refractivity contribution in [1.82, 2.24) is 20.0 Å². The number of dihydropyridines is 1. The van der Waals surface area contributed by atoms with E-state index < -0.39 is 0 Å². The molecule has 3 rings (SSSR count). The molecule has 1 aliphatic rings. The Bertz CT molecular complexity index is 581. The Kier molecular flexibility index (Phi) is 2.02. The topological polar surface area (TPSA) is 56.0 Å². The Hall–Kier alpha value is -2.04. The van der Waals surface area contributed by atoms with Crippen LogP contribution < -0.4 is 0 Å². The monoisotopic (exact) mass is 213 g/mol. The molecule has 0 aromatic carbocycles. The Balaban J connectivity index is 2.10. The molecule has 2 aromatic heterocycles. The van der Waals surface area contributed by atoms with Crippen LogP contribution in [0.25, 0.3) is 16.7 Å². The van der Waals surface area contributed by atoms with Crippen LogP contribution in [0.3, 0.4) is 0 Å². The van der Waals surface area contributed by atoms with E-state index >= 15 is 0 Å². The highest BCUT2D eigenvalue weighted by molar-refractivity contribution is 6.04. The maximum Gasteiger partial charge on any atom is 0.131 e. The standard InChI is InChI=1S/C11H11N5/c1-8-2-3-9(6-13-8)16-11-4-5-12-7-10(11)14-15-16/h3-8H,2H2,1H3. The van der Waals surface area contributed by atoms with Crippen molar-refractivity contribution in [2.75, 3.05) is 0 Å². The molecule has 0 N–H and O–H groups in total. The summed E-state index contributed by atoms with van der Waals surface area (Å²) in [4.78, 5) is 8.39. The van der Waals surface area contributed by atoms with E-state index in [9.17, 15) is 0 Å². The second-order valence-electron chi connectivity index (χ2n) is 3.86. The number of aromatic nitrogens is 4. The van der Waals surface area contributed by atoms with E-state index in [1.165, 1.54) is 0 Å². The van der Waals surface area contributed by atoms with Crippen LogP contribution in [-0.4, -0.2) is 32.2 Å². The highest BCUT2D eigenvalue weighted by Gasteiger charge is 2.10. The number of hydrogen-bond donors (Lipinski definition) is 0. The summed E-state index contributed by atoms with van der Waals surface area (Å²) >= 11 is 0. The first-order valence-corrected chi connectivity index (χ1v) is 5.24. The van der Waals surface area contributed by atoms with Gasteiger partial charge in [-0.15, -0.1) is 5.10 Å². The quantitative estimate of drug-likeness (QED) is 0.721. The lowest BCUT2D eigenvalue weighted by molar-refractivity contribution is 0.746. The summed E-state index contributed by atoms with van der Waals surface area (Å²) in [5, 5.41) is 8.17. The molecule has 0 fully saturated rings. The number of hydrogen-bond acceptors (Lipinski definition) is 4. The fraction of sp³-hybridized carbons (Fsp3) is 0.273. The maximum absolute atomic E-state index is 4.38. The zero-order valence-electron chi connectivity index (χ0n) is 8.91. The van der Waals surface area contributed by atoms with Gasteiger partial charge in [0.2, 0.25) is 0 Å². The lowest BCUT2D eigenvalue weighted by Gasteiger charge is -2.11. The van der Waals surface area contributed by atoms with E-state index in [1.54, 1.807) is 17.1 Å². The van der Waals surface area contributed by atoms with Gasteiger partial charge in [0.25, 0.3) is 0 Å². The first-order chi connectivity index (χ1) is 7.84. The van der Waals surface area contributed by atoms with Gasteiger partial charge < -0.3 is 0 Å². The van der Waals surface area contributed by atoms with Gasteiger partial charge in [0.15, 0.2) is 0 Å². The molecule has 0 saturated carbocycles. The summed E-state index contributed by atoms with van der Waals surface area (Å²) in [6, 6.07) is 2.27. The van der Waals surface area contributed by atoms with Crippen LogP contribution in [0.1, 0.15) is 13.3 Å². The van der Waals surface area contributed by atoms with Crippen LogP contribution in [0, 0.1) is 0 Å². The minimum atomic E-state index is 0.361. The van der Waals surface area contributed by atoms with Gasteiger partial charge in [-0.25, -0.2) is 4.68 Å². The molecule has 0 saturated heterocycles. The van der Waals surface area contributed by atoms with E-state index in [2.05, 4.69) is 33.3 Å². The predicted octanol–water partition coefficient (Wildman–Crippen LogP) is 1.53. The lowest BCUT2D eigenvalue weighted by atomic mass is 10.2. The van der Waals surface area contributed by atoms with Gasteiger partial charge in [-0.05, 0) is 19.4 Å². The van der Waals surface area contributed by atoms with E-state index in [0.29, 0.717) is 6.04 Å². The average Bonchev–Trinajstić information content (AvgIpc) is 2.74. The number of allylic oxidation sites excluding steroid dienone is 1. The van der Waals surface area contributed by atoms with Crippen molar-refractivity contribution in [1.29, 1.82) is 0 Å². The van der Waals surface area contributed by atoms with Gasteiger partial charge in [-0.1, -0.05) is 11.3 Å². The van der Waals surface area contributed by atoms with Crippen molar-refractivity contribution >= 4 is 22.9 Å². The molecule has 80 valence electrons. The van der Waals surface area contributed by atoms with Crippen molar-refractivity contribution in [2.24, 2.45) is 4.99 Å². The molecule has 3 heterocycles. The maximum atomic E-state index is 4.38. The van der Waals surface area contributed by atoms with Crippen LogP contribution >= 0.6 is 0 Å². The third-order valence-corrected chi connectivity index (χ3v) is 2.62. The van der Waals surface area contributed by atoms with E-state index in [-0.39, 0.29) is 0 Å². The minimum absolute atomic E-state index is 0.361. The van der Waals surface area contributed by atoms with Gasteiger partial charge in [0.05, 0.1) is 23.5 Å². The summed E-state index contributed by atoms with van der Waals surface area (Å²) in [5.74, 6) is 0. The predicted molar refractivity (Wildman–Crippen MR) is 62.2 cm³/mol. The molecule has 1 unspecified atom stereocenters. The SMILES string of the molecule is CC1CC=C(n2nnc3cnccc32)C=N1. The Morgan fingerprint density at radius 1 is 1.44 bits per heavy atom. The smallest absolute Gasteiger partial charge is 0.131 e. The minimum Gasteiger partial charge on any atom is -0.288 e. The van der Waals surface area contributed by atoms with E-state index in [1.807, 2.05) is 12.3 Å². The fourth-order valence-electron chi connectivity index (χ4n) is 1.72. The second-order valence-corrected chi connectivity index (χ2v) is 3.86. The molecule has 0 aliphatic carbocycles. The lowest BCUT2D eigenvalue weighted by Crippen LogP contribution is -2.08. The first-order valence-electron chi connectivity index (χ1n) is 5.24. The number of rotatable bonds is 1. The molecule has 0 amide bonds. The molecule has 5 heteroatoms. The third-order valence-electron chi connectivity index (χ3n) is 2.62. The average molecular weight is 213 g/mol. The van der Waals surface area contributed by atoms with Crippen molar-refractivity contribution in [2.45, 2.75) is 19.4 Å². The van der Waals surface area contributed by atoms with E-state index in [4.69, 9.17) is 0 Å². The van der Waals surface area contributed by atoms with Crippen LogP contribution in [0.15, 0.2) is 29.5 Å². The van der Waals surface area contributed by atoms with Gasteiger partial charge in [0, 0.05) is 12.4 Å². The van der Waals surface area contributed by atoms with Gasteiger partial charge in [0.1, 0.15) is 5.52 Å². The fourth-order valence-corrected chi connectivity index (χ4v) is 1.72. The van der Waals surface area contributed by atoms with Gasteiger partial charge in [-0.3, -0.25) is 9.98 Å². The molecule has 0 bridgehead atoms. The van der Waals surface area contributed by atoms with Gasteiger partial charge in [-0.2, -0.15) is 0 Å². The second kappa shape index (κ2) is 3.52. The summed E-state index contributed by atoms with van der Waals surface area (Å²) in [6.45, 7) is 2.09. The molecule has 2 aromatic rings. The first kappa shape index (κ1) is 9.21. The normalized spacial score (nSPS) is 20.1. The summed E-state index contributed by atoms with van der Waals surface area (Å²) < 4.78 is 1.80. The molecular formula is C11H11N5. The Morgan fingerprint density at radius 2 is 2.38 bits per heavy atom. The molecule has 1 atom stereocenters. The molecule has 0 radical (unpaired) electrons. The van der Waals surface area contributed by atoms with Crippen molar-refractivity contribution in [3.05, 3.63) is 24.5 Å². The Morgan fingerprint density at radius 3 is 3.19 bits per heavy atom. The summed E-state index contributed by atoms with van der Waals surface area (Å²) in [5.41, 5.74) is 2.74. The van der Waals surface area contributed by atoms with E-state index in [0.717, 1.165) is 23.2 Å². The van der Waals surface area contributed by atoms with Crippen molar-refractivity contribution in [3.63, 3.8) is 0 Å². The van der Waals surface area contributed by atoms with Crippen molar-refractivity contribution in [3.8, 4) is 0 Å². The zero-order valence-corrected chi connectivity index (χ0v) is 8.91. The highest BCUT2D eigenvalue weighted by Crippen LogP contribution is 2.16. The summed E-state index contributed by atoms with van der Waals surface area (Å²) in [6.07, 6.45) is 8.38. The number of nitrogens with zero attached hydrogens (tertiary/aromatic N) is 5. The molecular weight excluding hydrogens is 202 g/mol. The van der Waals surface area contributed by atoms with Gasteiger partial charge >= 0.3 is 0 Å². The van der Waals surface area contributed by atoms with Crippen LogP contribution in [0.4, 0.5) is 0 Å². The zero-order chi connectivity index (χ0) is 11.0. The van der Waals surface area contributed by atoms with Crippen LogP contribution in [0.5, 0.6) is 0 Å². The number of pyridine rings is 1. The molecule has 0 spiro atoms.